The van der Waals surface area contributed by atoms with Gasteiger partial charge in [-0.1, -0.05) is 17.7 Å². The van der Waals surface area contributed by atoms with Crippen molar-refractivity contribution < 1.29 is 9.59 Å². The highest BCUT2D eigenvalue weighted by atomic mass is 32.1. The van der Waals surface area contributed by atoms with Crippen LogP contribution in [0.1, 0.15) is 46.4 Å². The predicted octanol–water partition coefficient (Wildman–Crippen LogP) is 3.71. The average molecular weight is 356 g/mol. The van der Waals surface area contributed by atoms with Gasteiger partial charge < -0.3 is 10.6 Å². The lowest BCUT2D eigenvalue weighted by Crippen LogP contribution is -2.40. The van der Waals surface area contributed by atoms with Crippen LogP contribution < -0.4 is 10.6 Å². The molecular weight excluding hydrogens is 336 g/mol. The molecule has 0 radical (unpaired) electrons. The zero-order valence-electron chi connectivity index (χ0n) is 14.6. The molecule has 2 heterocycles. The Kier molecular flexibility index (Phi) is 4.34. The first-order chi connectivity index (χ1) is 11.7. The topological polar surface area (TPSA) is 86.9 Å². The molecule has 0 atom stereocenters. The first kappa shape index (κ1) is 17.2. The van der Waals surface area contributed by atoms with E-state index in [4.69, 9.17) is 0 Å². The number of hydrogen-bond acceptors (Lipinski definition) is 4. The summed E-state index contributed by atoms with van der Waals surface area (Å²) in [5, 5.41) is 13.5. The third kappa shape index (κ3) is 3.88. The smallest absolute Gasteiger partial charge is 0.261 e. The van der Waals surface area contributed by atoms with Crippen LogP contribution in [0.25, 0.3) is 10.2 Å². The summed E-state index contributed by atoms with van der Waals surface area (Å²) in [5.41, 5.74) is 1.27. The fourth-order valence-electron chi connectivity index (χ4n) is 2.39. The van der Waals surface area contributed by atoms with E-state index in [1.54, 1.807) is 12.1 Å². The number of carbonyl (C=O) groups excluding carboxylic acids is 2. The largest absolute Gasteiger partial charge is 0.347 e. The number of aromatic nitrogens is 2. The lowest BCUT2D eigenvalue weighted by molar-refractivity contribution is 0.0923. The Hall–Kier alpha value is -2.67. The summed E-state index contributed by atoms with van der Waals surface area (Å²) in [7, 11) is 0. The molecule has 0 aliphatic rings. The number of thiophene rings is 1. The number of carbonyl (C=O) groups is 2. The van der Waals surface area contributed by atoms with Crippen LogP contribution >= 0.6 is 11.3 Å². The average Bonchev–Trinajstić information content (AvgIpc) is 3.07. The number of amides is 2. The Morgan fingerprint density at radius 1 is 1.16 bits per heavy atom. The molecule has 25 heavy (non-hydrogen) atoms. The summed E-state index contributed by atoms with van der Waals surface area (Å²) >= 11 is 1.31. The van der Waals surface area contributed by atoms with Crippen molar-refractivity contribution in [1.29, 1.82) is 0 Å². The molecule has 130 valence electrons. The highest BCUT2D eigenvalue weighted by Crippen LogP contribution is 2.29. The van der Waals surface area contributed by atoms with Gasteiger partial charge in [-0.05, 0) is 45.9 Å². The standard InChI is InChI=1S/C18H20N4O2S/c1-10-6-5-7-11(8-10)15(23)19-14-12-9-13(25-17(12)22-21-14)16(24)20-18(2,3)4/h5-9H,1-4H3,(H,20,24)(H2,19,21,22,23). The van der Waals surface area contributed by atoms with Crippen molar-refractivity contribution in [3.8, 4) is 0 Å². The monoisotopic (exact) mass is 356 g/mol. The van der Waals surface area contributed by atoms with E-state index in [1.165, 1.54) is 11.3 Å². The first-order valence-electron chi connectivity index (χ1n) is 7.91. The first-order valence-corrected chi connectivity index (χ1v) is 8.73. The van der Waals surface area contributed by atoms with Gasteiger partial charge in [0.05, 0.1) is 10.3 Å². The van der Waals surface area contributed by atoms with Crippen molar-refractivity contribution in [3.05, 3.63) is 46.3 Å². The van der Waals surface area contributed by atoms with Crippen LogP contribution in [0.5, 0.6) is 0 Å². The second-order valence-electron chi connectivity index (χ2n) is 6.95. The molecule has 3 rings (SSSR count). The summed E-state index contributed by atoms with van der Waals surface area (Å²) in [4.78, 5) is 26.0. The molecule has 0 aliphatic heterocycles. The van der Waals surface area contributed by atoms with Crippen LogP contribution in [-0.2, 0) is 0 Å². The number of benzene rings is 1. The van der Waals surface area contributed by atoms with E-state index < -0.39 is 0 Å². The number of hydrogen-bond donors (Lipinski definition) is 3. The van der Waals surface area contributed by atoms with E-state index in [0.717, 1.165) is 15.8 Å². The molecule has 2 amide bonds. The fourth-order valence-corrected chi connectivity index (χ4v) is 3.29. The Bertz CT molecular complexity index is 950. The molecule has 0 saturated carbocycles. The van der Waals surface area contributed by atoms with Crippen LogP contribution in [0, 0.1) is 6.92 Å². The van der Waals surface area contributed by atoms with E-state index in [-0.39, 0.29) is 17.4 Å². The van der Waals surface area contributed by atoms with Crippen LogP contribution in [0.4, 0.5) is 5.82 Å². The summed E-state index contributed by atoms with van der Waals surface area (Å²) in [6, 6.07) is 9.08. The molecule has 0 bridgehead atoms. The Morgan fingerprint density at radius 3 is 2.60 bits per heavy atom. The minimum atomic E-state index is -0.310. The van der Waals surface area contributed by atoms with Gasteiger partial charge in [0.2, 0.25) is 0 Å². The normalized spacial score (nSPS) is 11.5. The van der Waals surface area contributed by atoms with Gasteiger partial charge in [0.25, 0.3) is 11.8 Å². The third-order valence-corrected chi connectivity index (χ3v) is 4.52. The van der Waals surface area contributed by atoms with Gasteiger partial charge >= 0.3 is 0 Å². The van der Waals surface area contributed by atoms with Gasteiger partial charge in [-0.2, -0.15) is 5.10 Å². The van der Waals surface area contributed by atoms with Crippen LogP contribution in [-0.4, -0.2) is 27.6 Å². The van der Waals surface area contributed by atoms with Gasteiger partial charge in [0.15, 0.2) is 5.82 Å². The SMILES string of the molecule is Cc1cccc(C(=O)Nc2n[nH]c3sc(C(=O)NC(C)(C)C)cc23)c1. The Morgan fingerprint density at radius 2 is 1.92 bits per heavy atom. The molecule has 2 aromatic heterocycles. The van der Waals surface area contributed by atoms with Gasteiger partial charge in [-0.25, -0.2) is 0 Å². The van der Waals surface area contributed by atoms with Crippen molar-refractivity contribution in [2.45, 2.75) is 33.2 Å². The molecule has 3 N–H and O–H groups in total. The lowest BCUT2D eigenvalue weighted by Gasteiger charge is -2.19. The van der Waals surface area contributed by atoms with E-state index in [0.29, 0.717) is 16.3 Å². The maximum atomic E-state index is 12.4. The number of nitrogens with zero attached hydrogens (tertiary/aromatic N) is 1. The van der Waals surface area contributed by atoms with E-state index >= 15 is 0 Å². The van der Waals surface area contributed by atoms with E-state index in [9.17, 15) is 9.59 Å². The second kappa shape index (κ2) is 6.33. The summed E-state index contributed by atoms with van der Waals surface area (Å²) in [6.07, 6.45) is 0. The zero-order chi connectivity index (χ0) is 18.2. The molecule has 1 aromatic carbocycles. The highest BCUT2D eigenvalue weighted by Gasteiger charge is 2.20. The third-order valence-electron chi connectivity index (χ3n) is 3.48. The van der Waals surface area contributed by atoms with Crippen molar-refractivity contribution >= 4 is 39.2 Å². The van der Waals surface area contributed by atoms with Crippen molar-refractivity contribution in [2.24, 2.45) is 0 Å². The molecule has 0 unspecified atom stereocenters. The molecule has 6 nitrogen and oxygen atoms in total. The zero-order valence-corrected chi connectivity index (χ0v) is 15.4. The maximum absolute atomic E-state index is 12.4. The molecule has 3 aromatic rings. The fraction of sp³-hybridized carbons (Fsp3) is 0.278. The van der Waals surface area contributed by atoms with Crippen molar-refractivity contribution in [1.82, 2.24) is 15.5 Å². The molecule has 0 aliphatic carbocycles. The van der Waals surface area contributed by atoms with Crippen molar-refractivity contribution in [3.63, 3.8) is 0 Å². The quantitative estimate of drug-likeness (QED) is 0.668. The molecule has 0 saturated heterocycles. The Labute approximate surface area is 149 Å². The van der Waals surface area contributed by atoms with Gasteiger partial charge in [-0.15, -0.1) is 11.3 Å². The van der Waals surface area contributed by atoms with Crippen LogP contribution in [0.15, 0.2) is 30.3 Å². The second-order valence-corrected chi connectivity index (χ2v) is 8.01. The molecular formula is C18H20N4O2S. The lowest BCUT2D eigenvalue weighted by atomic mass is 10.1. The van der Waals surface area contributed by atoms with Gasteiger partial charge in [0, 0.05) is 11.1 Å². The number of fused-ring (bicyclic) bond motifs is 1. The summed E-state index contributed by atoms with van der Waals surface area (Å²) in [5.74, 6) is 0.0506. The minimum Gasteiger partial charge on any atom is -0.347 e. The van der Waals surface area contributed by atoms with Crippen molar-refractivity contribution in [2.75, 3.05) is 5.32 Å². The summed E-state index contributed by atoms with van der Waals surface area (Å²) < 4.78 is 0. The Balaban J connectivity index is 1.83. The predicted molar refractivity (Wildman–Crippen MR) is 100 cm³/mol. The van der Waals surface area contributed by atoms with Crippen LogP contribution in [0.3, 0.4) is 0 Å². The molecule has 0 fully saturated rings. The van der Waals surface area contributed by atoms with Crippen LogP contribution in [0.2, 0.25) is 0 Å². The molecule has 7 heteroatoms. The van der Waals surface area contributed by atoms with E-state index in [1.807, 2.05) is 45.9 Å². The number of anilines is 1. The minimum absolute atomic E-state index is 0.141. The summed E-state index contributed by atoms with van der Waals surface area (Å²) in [6.45, 7) is 7.72. The van der Waals surface area contributed by atoms with E-state index in [2.05, 4.69) is 20.8 Å². The number of aryl methyl sites for hydroxylation is 1. The maximum Gasteiger partial charge on any atom is 0.261 e. The number of rotatable bonds is 3. The van der Waals surface area contributed by atoms with Gasteiger partial charge in [-0.3, -0.25) is 14.7 Å². The molecule has 0 spiro atoms. The number of H-pyrrole nitrogens is 1. The highest BCUT2D eigenvalue weighted by molar-refractivity contribution is 7.20. The van der Waals surface area contributed by atoms with Gasteiger partial charge in [0.1, 0.15) is 4.83 Å². The number of aromatic amines is 1. The number of nitrogens with one attached hydrogen (secondary N) is 3.